The number of nitrogens with one attached hydrogen (secondary N) is 4. The third-order valence-corrected chi connectivity index (χ3v) is 5.14. The fourth-order valence-corrected chi connectivity index (χ4v) is 3.33. The molecule has 0 aromatic heterocycles. The highest BCUT2D eigenvalue weighted by Crippen LogP contribution is 2.38. The van der Waals surface area contributed by atoms with Gasteiger partial charge in [-0.2, -0.15) is 0 Å². The topological polar surface area (TPSA) is 110 Å². The van der Waals surface area contributed by atoms with Gasteiger partial charge in [0, 0.05) is 23.9 Å². The molecular weight excluding hydrogens is 527 g/mol. The molecule has 0 aliphatic heterocycles. The minimum atomic E-state index is -1.96. The smallest absolute Gasteiger partial charge is 0.253 e. The number of hydrogen-bond acceptors (Lipinski definition) is 6. The van der Waals surface area contributed by atoms with Crippen LogP contribution in [0.4, 0.5) is 11.4 Å². The van der Waals surface area contributed by atoms with Crippen LogP contribution in [0, 0.1) is 0 Å². The van der Waals surface area contributed by atoms with E-state index >= 15 is 0 Å². The number of rotatable bonds is 8. The van der Waals surface area contributed by atoms with E-state index in [1.165, 1.54) is 40.4 Å². The third-order valence-electron chi connectivity index (χ3n) is 4.27. The molecule has 0 saturated heterocycles. The first-order valence-corrected chi connectivity index (χ1v) is 11.2. The maximum Gasteiger partial charge on any atom is 0.253 e. The SMILES string of the molecule is COc1cc(C(=O)N[C@H](NC(=S)Nc2ccc(NC(C)=O)cc2)C(Cl)(Cl)Cl)cc(OC)c1OC. The molecule has 2 aromatic rings. The number of benzene rings is 2. The summed E-state index contributed by atoms with van der Waals surface area (Å²) < 4.78 is 13.8. The molecule has 0 saturated carbocycles. The number of anilines is 2. The van der Waals surface area contributed by atoms with Crippen LogP contribution in [-0.2, 0) is 4.79 Å². The number of amides is 2. The number of hydrogen-bond donors (Lipinski definition) is 4. The molecule has 184 valence electrons. The van der Waals surface area contributed by atoms with Crippen molar-refractivity contribution in [2.45, 2.75) is 16.9 Å². The molecule has 0 aliphatic carbocycles. The van der Waals surface area contributed by atoms with Crippen LogP contribution in [0.15, 0.2) is 36.4 Å². The largest absolute Gasteiger partial charge is 0.493 e. The summed E-state index contributed by atoms with van der Waals surface area (Å²) in [5.74, 6) is 0.111. The van der Waals surface area contributed by atoms with Gasteiger partial charge in [0.15, 0.2) is 16.6 Å². The van der Waals surface area contributed by atoms with E-state index in [-0.39, 0.29) is 28.1 Å². The Labute approximate surface area is 217 Å². The Morgan fingerprint density at radius 1 is 0.882 bits per heavy atom. The second-order valence-corrected chi connectivity index (χ2v) is 9.50. The highest BCUT2D eigenvalue weighted by Gasteiger charge is 2.35. The fourth-order valence-electron chi connectivity index (χ4n) is 2.76. The molecule has 0 unspecified atom stereocenters. The monoisotopic (exact) mass is 548 g/mol. The molecule has 9 nitrogen and oxygen atoms in total. The normalized spacial score (nSPS) is 11.6. The van der Waals surface area contributed by atoms with Crippen molar-refractivity contribution in [3.63, 3.8) is 0 Å². The summed E-state index contributed by atoms with van der Waals surface area (Å²) in [6, 6.07) is 9.67. The summed E-state index contributed by atoms with van der Waals surface area (Å²) in [5, 5.41) is 11.0. The van der Waals surface area contributed by atoms with Crippen LogP contribution < -0.4 is 35.5 Å². The first-order chi connectivity index (χ1) is 16.0. The van der Waals surface area contributed by atoms with Crippen molar-refractivity contribution in [3.05, 3.63) is 42.0 Å². The van der Waals surface area contributed by atoms with Gasteiger partial charge in [0.25, 0.3) is 5.91 Å². The second-order valence-electron chi connectivity index (χ2n) is 6.72. The first kappa shape index (κ1) is 27.6. The van der Waals surface area contributed by atoms with E-state index in [2.05, 4.69) is 21.3 Å². The number of carbonyl (C=O) groups excluding carboxylic acids is 2. The van der Waals surface area contributed by atoms with Crippen LogP contribution in [0.2, 0.25) is 0 Å². The zero-order valence-corrected chi connectivity index (χ0v) is 21.7. The molecule has 0 spiro atoms. The van der Waals surface area contributed by atoms with Gasteiger partial charge < -0.3 is 35.5 Å². The highest BCUT2D eigenvalue weighted by atomic mass is 35.6. The van der Waals surface area contributed by atoms with E-state index < -0.39 is 15.9 Å². The van der Waals surface area contributed by atoms with Crippen LogP contribution in [0.5, 0.6) is 17.2 Å². The predicted molar refractivity (Wildman–Crippen MR) is 138 cm³/mol. The van der Waals surface area contributed by atoms with E-state index in [0.717, 1.165) is 0 Å². The Balaban J connectivity index is 2.15. The van der Waals surface area contributed by atoms with Crippen molar-refractivity contribution in [3.8, 4) is 17.2 Å². The molecule has 0 heterocycles. The summed E-state index contributed by atoms with van der Waals surface area (Å²) in [7, 11) is 4.30. The average Bonchev–Trinajstić information content (AvgIpc) is 2.77. The van der Waals surface area contributed by atoms with Crippen LogP contribution in [0.3, 0.4) is 0 Å². The molecule has 0 radical (unpaired) electrons. The summed E-state index contributed by atoms with van der Waals surface area (Å²) in [5.41, 5.74) is 1.39. The Kier molecular flexibility index (Phi) is 9.87. The van der Waals surface area contributed by atoms with Crippen LogP contribution >= 0.6 is 47.0 Å². The van der Waals surface area contributed by atoms with Gasteiger partial charge in [0.1, 0.15) is 6.17 Å². The molecule has 2 rings (SSSR count). The lowest BCUT2D eigenvalue weighted by Crippen LogP contribution is -2.56. The molecule has 4 N–H and O–H groups in total. The van der Waals surface area contributed by atoms with Gasteiger partial charge in [-0.25, -0.2) is 0 Å². The van der Waals surface area contributed by atoms with Gasteiger partial charge in [-0.15, -0.1) is 0 Å². The second kappa shape index (κ2) is 12.2. The molecule has 0 bridgehead atoms. The van der Waals surface area contributed by atoms with E-state index in [9.17, 15) is 9.59 Å². The van der Waals surface area contributed by atoms with Crippen molar-refractivity contribution in [2.75, 3.05) is 32.0 Å². The number of ether oxygens (including phenoxy) is 3. The van der Waals surface area contributed by atoms with Crippen LogP contribution in [0.1, 0.15) is 17.3 Å². The molecule has 2 aromatic carbocycles. The summed E-state index contributed by atoms with van der Waals surface area (Å²) >= 11 is 23.5. The fraction of sp³-hybridized carbons (Fsp3) is 0.286. The number of halogens is 3. The summed E-state index contributed by atoms with van der Waals surface area (Å²) in [4.78, 5) is 24.1. The Morgan fingerprint density at radius 3 is 1.79 bits per heavy atom. The molecule has 13 heteroatoms. The minimum absolute atomic E-state index is 0.0776. The van der Waals surface area contributed by atoms with E-state index in [0.29, 0.717) is 17.1 Å². The number of alkyl halides is 3. The molecule has 0 aliphatic rings. The maximum atomic E-state index is 12.9. The van der Waals surface area contributed by atoms with Gasteiger partial charge in [0.2, 0.25) is 15.4 Å². The van der Waals surface area contributed by atoms with Gasteiger partial charge in [-0.3, -0.25) is 9.59 Å². The van der Waals surface area contributed by atoms with Gasteiger partial charge >= 0.3 is 0 Å². The number of methoxy groups -OCH3 is 3. The average molecular weight is 550 g/mol. The van der Waals surface area contributed by atoms with Crippen molar-refractivity contribution >= 4 is 75.3 Å². The molecule has 2 amide bonds. The van der Waals surface area contributed by atoms with Gasteiger partial charge in [0.05, 0.1) is 21.3 Å². The molecular formula is C21H23Cl3N4O5S. The van der Waals surface area contributed by atoms with E-state index in [4.69, 9.17) is 61.2 Å². The molecule has 34 heavy (non-hydrogen) atoms. The minimum Gasteiger partial charge on any atom is -0.493 e. The van der Waals surface area contributed by atoms with Gasteiger partial charge in [-0.05, 0) is 48.6 Å². The van der Waals surface area contributed by atoms with Crippen molar-refractivity contribution in [1.82, 2.24) is 10.6 Å². The lowest BCUT2D eigenvalue weighted by Gasteiger charge is -2.28. The number of thiocarbonyl (C=S) groups is 1. The maximum absolute atomic E-state index is 12.9. The molecule has 0 fully saturated rings. The zero-order chi connectivity index (χ0) is 25.5. The quantitative estimate of drug-likeness (QED) is 0.222. The summed E-state index contributed by atoms with van der Waals surface area (Å²) in [6.45, 7) is 1.41. The Morgan fingerprint density at radius 2 is 1.38 bits per heavy atom. The van der Waals surface area contributed by atoms with Crippen LogP contribution in [-0.4, -0.2) is 48.2 Å². The van der Waals surface area contributed by atoms with E-state index in [1.54, 1.807) is 24.3 Å². The van der Waals surface area contributed by atoms with Crippen molar-refractivity contribution in [1.29, 1.82) is 0 Å². The predicted octanol–water partition coefficient (Wildman–Crippen LogP) is 4.08. The third kappa shape index (κ3) is 7.69. The van der Waals surface area contributed by atoms with Crippen molar-refractivity contribution in [2.24, 2.45) is 0 Å². The van der Waals surface area contributed by atoms with Crippen LogP contribution in [0.25, 0.3) is 0 Å². The summed E-state index contributed by atoms with van der Waals surface area (Å²) in [6.07, 6.45) is -1.21. The number of carbonyl (C=O) groups is 2. The Bertz CT molecular complexity index is 1020. The Hall–Kier alpha value is -2.66. The standard InChI is InChI=1S/C21H23Cl3N4O5S/c1-11(29)25-13-5-7-14(8-6-13)26-20(34)28-19(21(22,23)24)27-18(30)12-9-15(31-2)17(33-4)16(10-12)32-3/h5-10,19H,1-4H3,(H,25,29)(H,27,30)(H2,26,28,34)/t19-/m1/s1. The zero-order valence-electron chi connectivity index (χ0n) is 18.6. The molecule has 1 atom stereocenters. The van der Waals surface area contributed by atoms with Gasteiger partial charge in [-0.1, -0.05) is 34.8 Å². The lowest BCUT2D eigenvalue weighted by atomic mass is 10.1. The highest BCUT2D eigenvalue weighted by molar-refractivity contribution is 7.80. The van der Waals surface area contributed by atoms with E-state index in [1.807, 2.05) is 0 Å². The lowest BCUT2D eigenvalue weighted by molar-refractivity contribution is -0.114. The first-order valence-electron chi connectivity index (χ1n) is 9.61. The van der Waals surface area contributed by atoms with Crippen molar-refractivity contribution < 1.29 is 23.8 Å².